The van der Waals surface area contributed by atoms with Crippen LogP contribution in [-0.4, -0.2) is 72.5 Å². The van der Waals surface area contributed by atoms with Gasteiger partial charge in [0.1, 0.15) is 5.60 Å². The van der Waals surface area contributed by atoms with Crippen LogP contribution in [0.4, 0.5) is 0 Å². The molecule has 6 nitrogen and oxygen atoms in total. The van der Waals surface area contributed by atoms with Crippen molar-refractivity contribution >= 4 is 12.2 Å². The molecule has 6 heteroatoms. The van der Waals surface area contributed by atoms with E-state index in [-0.39, 0.29) is 18.9 Å². The molecule has 2 rings (SSSR count). The number of piperazine rings is 1. The Morgan fingerprint density at radius 2 is 1.92 bits per heavy atom. The highest BCUT2D eigenvalue weighted by Gasteiger charge is 2.27. The molecule has 0 saturated carbocycles. The van der Waals surface area contributed by atoms with Crippen LogP contribution in [-0.2, 0) is 20.9 Å². The first-order chi connectivity index (χ1) is 12.0. The fraction of sp³-hybridized carbons (Fsp3) is 0.579. The number of hydrogen-bond donors (Lipinski definition) is 1. The highest BCUT2D eigenvalue weighted by molar-refractivity contribution is 5.76. The van der Waals surface area contributed by atoms with E-state index in [1.54, 1.807) is 0 Å². The van der Waals surface area contributed by atoms with Crippen LogP contribution in [0.3, 0.4) is 0 Å². The van der Waals surface area contributed by atoms with Gasteiger partial charge >= 0.3 is 0 Å². The van der Waals surface area contributed by atoms with E-state index in [1.807, 2.05) is 42.3 Å². The fourth-order valence-electron chi connectivity index (χ4n) is 2.84. The van der Waals surface area contributed by atoms with Crippen molar-refractivity contribution in [1.29, 1.82) is 0 Å². The third kappa shape index (κ3) is 6.57. The molecule has 25 heavy (non-hydrogen) atoms. The van der Waals surface area contributed by atoms with E-state index in [1.165, 1.54) is 0 Å². The van der Waals surface area contributed by atoms with Crippen molar-refractivity contribution in [2.45, 2.75) is 31.5 Å². The Hall–Kier alpha value is -1.76. The molecule has 0 aromatic heterocycles. The number of likely N-dealkylation sites (N-methyl/N-ethyl adjacent to an activating group) is 1. The molecule has 1 saturated heterocycles. The number of ether oxygens (including phenoxy) is 1. The lowest BCUT2D eigenvalue weighted by atomic mass is 9.99. The molecule has 0 aliphatic carbocycles. The van der Waals surface area contributed by atoms with E-state index >= 15 is 0 Å². The van der Waals surface area contributed by atoms with Crippen molar-refractivity contribution in [3.8, 4) is 0 Å². The molecule has 0 bridgehead atoms. The molecule has 1 aliphatic heterocycles. The third-order valence-corrected chi connectivity index (χ3v) is 4.54. The van der Waals surface area contributed by atoms with Gasteiger partial charge < -0.3 is 24.4 Å². The van der Waals surface area contributed by atoms with Crippen molar-refractivity contribution < 1.29 is 19.4 Å². The summed E-state index contributed by atoms with van der Waals surface area (Å²) in [5.74, 6) is 0.0894. The minimum Gasteiger partial charge on any atom is -0.380 e. The van der Waals surface area contributed by atoms with Crippen molar-refractivity contribution in [1.82, 2.24) is 9.80 Å². The number of aldehydes is 1. The van der Waals surface area contributed by atoms with Crippen molar-refractivity contribution in [3.63, 3.8) is 0 Å². The molecule has 1 aromatic rings. The molecule has 1 aromatic carbocycles. The zero-order valence-electron chi connectivity index (χ0n) is 14.9. The van der Waals surface area contributed by atoms with Gasteiger partial charge in [-0.2, -0.15) is 0 Å². The maximum atomic E-state index is 12.2. The van der Waals surface area contributed by atoms with Crippen LogP contribution < -0.4 is 0 Å². The van der Waals surface area contributed by atoms with Crippen LogP contribution in [0, 0.1) is 0 Å². The Morgan fingerprint density at radius 3 is 2.56 bits per heavy atom. The van der Waals surface area contributed by atoms with Crippen LogP contribution >= 0.6 is 0 Å². The molecule has 138 valence electrons. The van der Waals surface area contributed by atoms with Crippen molar-refractivity contribution in [2.24, 2.45) is 0 Å². The predicted molar refractivity (Wildman–Crippen MR) is 95.0 cm³/mol. The molecule has 1 fully saturated rings. The number of carbonyl (C=O) groups excluding carboxylic acids is 2. The van der Waals surface area contributed by atoms with Gasteiger partial charge in [0.2, 0.25) is 5.91 Å². The predicted octanol–water partition coefficient (Wildman–Crippen LogP) is 1.08. The molecular weight excluding hydrogens is 320 g/mol. The standard InChI is InChI=1S/C19H28N2O4/c1-20-10-12-21(13-11-20)18(23)8-5-9-19(24,15-22)16-25-14-17-6-3-2-4-7-17/h2-4,6-7,15,24H,5,8-14,16H2,1H3. The summed E-state index contributed by atoms with van der Waals surface area (Å²) in [7, 11) is 2.04. The summed E-state index contributed by atoms with van der Waals surface area (Å²) < 4.78 is 5.48. The molecule has 1 N–H and O–H groups in total. The van der Waals surface area contributed by atoms with Gasteiger partial charge in [0.25, 0.3) is 0 Å². The Labute approximate surface area is 149 Å². The van der Waals surface area contributed by atoms with Gasteiger partial charge in [0.05, 0.1) is 13.2 Å². The van der Waals surface area contributed by atoms with Crippen LogP contribution in [0.1, 0.15) is 24.8 Å². The minimum absolute atomic E-state index is 0.0614. The SMILES string of the molecule is CN1CCN(C(=O)CCCC(O)(C=O)COCc2ccccc2)CC1. The van der Waals surface area contributed by atoms with E-state index in [0.717, 1.165) is 31.7 Å². The Morgan fingerprint density at radius 1 is 1.24 bits per heavy atom. The normalized spacial score (nSPS) is 17.9. The van der Waals surface area contributed by atoms with Gasteiger partial charge in [-0.25, -0.2) is 0 Å². The van der Waals surface area contributed by atoms with Gasteiger partial charge in [-0.15, -0.1) is 0 Å². The van der Waals surface area contributed by atoms with E-state index < -0.39 is 5.60 Å². The van der Waals surface area contributed by atoms with Crippen LogP contribution in [0.15, 0.2) is 30.3 Å². The number of carbonyl (C=O) groups is 2. The van der Waals surface area contributed by atoms with E-state index in [9.17, 15) is 14.7 Å². The number of benzene rings is 1. The lowest BCUT2D eigenvalue weighted by Crippen LogP contribution is -2.47. The van der Waals surface area contributed by atoms with Crippen LogP contribution in [0.25, 0.3) is 0 Å². The highest BCUT2D eigenvalue weighted by atomic mass is 16.5. The fourth-order valence-corrected chi connectivity index (χ4v) is 2.84. The number of amides is 1. The summed E-state index contributed by atoms with van der Waals surface area (Å²) in [4.78, 5) is 27.5. The van der Waals surface area contributed by atoms with Crippen molar-refractivity contribution in [3.05, 3.63) is 35.9 Å². The summed E-state index contributed by atoms with van der Waals surface area (Å²) in [5, 5.41) is 10.3. The van der Waals surface area contributed by atoms with Gasteiger partial charge in [-0.05, 0) is 25.5 Å². The average molecular weight is 348 g/mol. The van der Waals surface area contributed by atoms with E-state index in [2.05, 4.69) is 4.90 Å². The maximum Gasteiger partial charge on any atom is 0.222 e. The monoisotopic (exact) mass is 348 g/mol. The summed E-state index contributed by atoms with van der Waals surface area (Å²) in [6.07, 6.45) is 1.57. The van der Waals surface area contributed by atoms with E-state index in [0.29, 0.717) is 25.7 Å². The number of hydrogen-bond acceptors (Lipinski definition) is 5. The largest absolute Gasteiger partial charge is 0.380 e. The zero-order valence-corrected chi connectivity index (χ0v) is 14.9. The molecule has 1 atom stereocenters. The quantitative estimate of drug-likeness (QED) is 0.676. The molecule has 0 spiro atoms. The molecule has 1 heterocycles. The van der Waals surface area contributed by atoms with E-state index in [4.69, 9.17) is 4.74 Å². The van der Waals surface area contributed by atoms with Gasteiger partial charge in [-0.3, -0.25) is 4.79 Å². The first-order valence-electron chi connectivity index (χ1n) is 8.79. The molecule has 0 radical (unpaired) electrons. The minimum atomic E-state index is -1.53. The second kappa shape index (κ2) is 9.65. The molecule has 1 amide bonds. The lowest BCUT2D eigenvalue weighted by Gasteiger charge is -2.32. The molecule has 1 aliphatic rings. The highest BCUT2D eigenvalue weighted by Crippen LogP contribution is 2.15. The second-order valence-electron chi connectivity index (χ2n) is 6.74. The maximum absolute atomic E-state index is 12.2. The molecule has 1 unspecified atom stereocenters. The summed E-state index contributed by atoms with van der Waals surface area (Å²) in [6.45, 7) is 3.54. The first-order valence-corrected chi connectivity index (χ1v) is 8.79. The smallest absolute Gasteiger partial charge is 0.222 e. The summed E-state index contributed by atoms with van der Waals surface area (Å²) in [6, 6.07) is 9.59. The van der Waals surface area contributed by atoms with Crippen LogP contribution in [0.2, 0.25) is 0 Å². The second-order valence-corrected chi connectivity index (χ2v) is 6.74. The summed E-state index contributed by atoms with van der Waals surface area (Å²) in [5.41, 5.74) is -0.544. The Kier molecular flexibility index (Phi) is 7.55. The van der Waals surface area contributed by atoms with Gasteiger partial charge in [-0.1, -0.05) is 30.3 Å². The third-order valence-electron chi connectivity index (χ3n) is 4.54. The average Bonchev–Trinajstić information content (AvgIpc) is 2.63. The van der Waals surface area contributed by atoms with Crippen LogP contribution in [0.5, 0.6) is 0 Å². The Bertz CT molecular complexity index is 544. The molecular formula is C19H28N2O4. The number of aliphatic hydroxyl groups is 1. The zero-order chi connectivity index (χ0) is 18.1. The van der Waals surface area contributed by atoms with Gasteiger partial charge in [0, 0.05) is 32.6 Å². The van der Waals surface area contributed by atoms with Crippen molar-refractivity contribution in [2.75, 3.05) is 39.8 Å². The number of rotatable bonds is 9. The number of nitrogens with zero attached hydrogens (tertiary/aromatic N) is 2. The summed E-state index contributed by atoms with van der Waals surface area (Å²) >= 11 is 0. The first kappa shape index (κ1) is 19.6. The lowest BCUT2D eigenvalue weighted by molar-refractivity contribution is -0.136. The Balaban J connectivity index is 1.69. The van der Waals surface area contributed by atoms with Gasteiger partial charge in [0.15, 0.2) is 6.29 Å². The topological polar surface area (TPSA) is 70.1 Å².